The number of aliphatic hydroxyl groups excluding tert-OH is 1. The molecule has 2 rings (SSSR count). The molecular formula is C55H97N17O13. The molecule has 0 saturated carbocycles. The summed E-state index contributed by atoms with van der Waals surface area (Å²) in [4.78, 5) is 153. The molecule has 0 aromatic heterocycles. The first-order valence-corrected chi connectivity index (χ1v) is 29.4. The van der Waals surface area contributed by atoms with E-state index >= 15 is 0 Å². The number of hydrogen-bond donors (Lipinski definition) is 19. The van der Waals surface area contributed by atoms with E-state index in [1.165, 1.54) is 6.92 Å². The first-order valence-electron chi connectivity index (χ1n) is 29.4. The number of amides is 12. The highest BCUT2D eigenvalue weighted by atomic mass is 16.3. The number of carbonyl (C=O) groups excluding carboxylic acids is 11. The van der Waals surface area contributed by atoms with Gasteiger partial charge >= 0.3 is 6.03 Å². The molecule has 30 nitrogen and oxygen atoms in total. The van der Waals surface area contributed by atoms with E-state index in [4.69, 9.17) is 28.7 Å². The third kappa shape index (κ3) is 27.2. The van der Waals surface area contributed by atoms with E-state index < -0.39 is 144 Å². The Morgan fingerprint density at radius 1 is 0.612 bits per heavy atom. The Morgan fingerprint density at radius 2 is 1.11 bits per heavy atom. The largest absolute Gasteiger partial charge is 0.391 e. The average molecular weight is 1200 g/mol. The third-order valence-corrected chi connectivity index (χ3v) is 13.7. The molecule has 85 heavy (non-hydrogen) atoms. The number of unbranched alkanes of at least 4 members (excludes halogenated alkanes) is 5. The summed E-state index contributed by atoms with van der Waals surface area (Å²) in [5.74, 6) is -10.1. The minimum absolute atomic E-state index is 0.0382. The number of urea groups is 1. The van der Waals surface area contributed by atoms with E-state index in [-0.39, 0.29) is 83.6 Å². The lowest BCUT2D eigenvalue weighted by Crippen LogP contribution is -2.63. The van der Waals surface area contributed by atoms with E-state index in [9.17, 15) is 63.0 Å². The topological polar surface area (TPSA) is 503 Å². The van der Waals surface area contributed by atoms with Crippen molar-refractivity contribution in [2.24, 2.45) is 34.6 Å². The van der Waals surface area contributed by atoms with Gasteiger partial charge < -0.3 is 103 Å². The van der Waals surface area contributed by atoms with Crippen LogP contribution in [0.1, 0.15) is 124 Å². The van der Waals surface area contributed by atoms with Gasteiger partial charge in [-0.25, -0.2) is 4.79 Å². The van der Waals surface area contributed by atoms with Gasteiger partial charge in [0.15, 0.2) is 0 Å². The Bertz CT molecular complexity index is 2310. The van der Waals surface area contributed by atoms with Crippen LogP contribution in [0.2, 0.25) is 0 Å². The lowest BCUT2D eigenvalue weighted by atomic mass is 10.00. The molecule has 12 amide bonds. The van der Waals surface area contributed by atoms with Gasteiger partial charge in [0, 0.05) is 19.5 Å². The molecule has 1 fully saturated rings. The summed E-state index contributed by atoms with van der Waals surface area (Å²) in [7, 11) is 0. The van der Waals surface area contributed by atoms with Crippen LogP contribution in [0.15, 0.2) is 30.3 Å². The van der Waals surface area contributed by atoms with Crippen molar-refractivity contribution in [2.45, 2.75) is 191 Å². The Hall–Kier alpha value is -7.09. The van der Waals surface area contributed by atoms with Gasteiger partial charge in [-0.3, -0.25) is 47.9 Å². The molecule has 0 spiro atoms. The van der Waals surface area contributed by atoms with Crippen LogP contribution in [-0.4, -0.2) is 187 Å². The molecule has 1 aliphatic heterocycles. The van der Waals surface area contributed by atoms with Gasteiger partial charge in [0.2, 0.25) is 58.9 Å². The maximum Gasteiger partial charge on any atom is 0.315 e. The summed E-state index contributed by atoms with van der Waals surface area (Å²) in [5.41, 5.74) is 27.1. The van der Waals surface area contributed by atoms with Crippen LogP contribution in [0.4, 0.5) is 4.79 Å². The van der Waals surface area contributed by atoms with Crippen molar-refractivity contribution in [3.05, 3.63) is 35.9 Å². The Kier molecular flexibility index (Phi) is 34.4. The Balaban J connectivity index is 2.62. The fraction of sp³-hybridized carbons (Fsp3) is 0.691. The molecule has 0 aliphatic carbocycles. The van der Waals surface area contributed by atoms with Crippen LogP contribution in [0, 0.1) is 5.92 Å². The predicted molar refractivity (Wildman–Crippen MR) is 315 cm³/mol. The second-order valence-corrected chi connectivity index (χ2v) is 21.7. The van der Waals surface area contributed by atoms with Crippen LogP contribution in [0.25, 0.3) is 0 Å². The fourth-order valence-corrected chi connectivity index (χ4v) is 8.97. The zero-order valence-corrected chi connectivity index (χ0v) is 49.9. The maximum atomic E-state index is 14.5. The summed E-state index contributed by atoms with van der Waals surface area (Å²) in [6, 6.07) is -5.46. The van der Waals surface area contributed by atoms with Crippen molar-refractivity contribution in [3.63, 3.8) is 0 Å². The van der Waals surface area contributed by atoms with Crippen LogP contribution in [0.5, 0.6) is 0 Å². The van der Waals surface area contributed by atoms with Gasteiger partial charge in [-0.1, -0.05) is 83.2 Å². The highest BCUT2D eigenvalue weighted by molar-refractivity contribution is 5.99. The van der Waals surface area contributed by atoms with E-state index in [2.05, 4.69) is 70.7 Å². The molecule has 1 aromatic carbocycles. The smallest absolute Gasteiger partial charge is 0.315 e. The number of nitrogens with one attached hydrogen (secondary N) is 12. The predicted octanol–water partition coefficient (Wildman–Crippen LogP) is -5.35. The van der Waals surface area contributed by atoms with Gasteiger partial charge in [0.05, 0.1) is 6.10 Å². The first-order chi connectivity index (χ1) is 40.4. The molecule has 24 N–H and O–H groups in total. The third-order valence-electron chi connectivity index (χ3n) is 13.7. The van der Waals surface area contributed by atoms with Crippen molar-refractivity contribution in [1.29, 1.82) is 0 Å². The molecular weight excluding hydrogens is 1110 g/mol. The normalized spacial score (nSPS) is 23.0. The van der Waals surface area contributed by atoms with Crippen molar-refractivity contribution >= 4 is 65.1 Å². The van der Waals surface area contributed by atoms with Crippen molar-refractivity contribution in [3.8, 4) is 0 Å². The van der Waals surface area contributed by atoms with E-state index in [1.807, 2.05) is 0 Å². The highest BCUT2D eigenvalue weighted by Crippen LogP contribution is 2.12. The summed E-state index contributed by atoms with van der Waals surface area (Å²) in [5, 5.41) is 52.2. The number of nitrogens with two attached hydrogens (primary N) is 5. The van der Waals surface area contributed by atoms with Crippen molar-refractivity contribution in [2.75, 3.05) is 45.8 Å². The SMILES string of the molecule is CCCCCCCCNC(=O)N[C@@H](CCN)C(=O)N[C@H](C(=O)N[C@@H](CCN)C(=O)N[C@H]1CCNC(=O)[C@](C)(O)NC(=O)[C@H](CCN)NC(=O)[C@H](CCN)NC(=O)[C@H](CC(C)C)NC(=O)[C@@H](Cc2ccccc2)NC(=O)[C@H](CCN)NC1=O)[C@@H](C)O. The van der Waals surface area contributed by atoms with Gasteiger partial charge in [-0.15, -0.1) is 0 Å². The number of aliphatic hydroxyl groups is 2. The minimum atomic E-state index is -2.70. The summed E-state index contributed by atoms with van der Waals surface area (Å²) < 4.78 is 0. The number of rotatable bonds is 29. The lowest BCUT2D eigenvalue weighted by Gasteiger charge is -2.29. The van der Waals surface area contributed by atoms with Gasteiger partial charge in [-0.05, 0) is 109 Å². The standard InChI is InChI=1S/C55H97N17O13/c1-6-7-8-9-10-14-28-62-54(84)70-38(20-26-59)48(78)71-43(33(4)73)52(82)67-37(19-25-58)45(75)66-40-22-29-61-53(83)55(5,85)72-51(81)39(21-27-60)65-44(74)35(17-23-56)64-49(79)41(30-32(2)3)68-50(80)42(31-34-15-12-11-13-16-34)69-46(76)36(18-24-57)63-47(40)77/h11-13,15-16,32-33,35-43,73,85H,6-10,14,17-31,56-60H2,1-5H3,(H,61,83)(H,63,77)(H,64,79)(H,65,74)(H,66,75)(H,67,82)(H,68,80)(H,69,76)(H,71,78)(H,72,81)(H2,62,70,84)/t33-,35+,36+,37+,38+,39+,40+,41+,42-,43+,55+/m1/s1. The maximum absolute atomic E-state index is 14.5. The lowest BCUT2D eigenvalue weighted by molar-refractivity contribution is -0.148. The van der Waals surface area contributed by atoms with Gasteiger partial charge in [0.1, 0.15) is 54.4 Å². The molecule has 480 valence electrons. The Labute approximate surface area is 497 Å². The number of hydrogen-bond acceptors (Lipinski definition) is 18. The quantitative estimate of drug-likeness (QED) is 0.0333. The average Bonchev–Trinajstić information content (AvgIpc) is 3.66. The molecule has 1 aliphatic rings. The van der Waals surface area contributed by atoms with E-state index in [0.717, 1.165) is 39.0 Å². The van der Waals surface area contributed by atoms with Crippen LogP contribution >= 0.6 is 0 Å². The monoisotopic (exact) mass is 1200 g/mol. The molecule has 11 atom stereocenters. The van der Waals surface area contributed by atoms with Crippen LogP contribution in [0.3, 0.4) is 0 Å². The minimum Gasteiger partial charge on any atom is -0.391 e. The fourth-order valence-electron chi connectivity index (χ4n) is 8.97. The number of benzene rings is 1. The molecule has 1 saturated heterocycles. The van der Waals surface area contributed by atoms with Crippen molar-refractivity contribution in [1.82, 2.24) is 63.8 Å². The molecule has 1 aromatic rings. The summed E-state index contributed by atoms with van der Waals surface area (Å²) in [6.07, 6.45) is 2.78. The van der Waals surface area contributed by atoms with Crippen LogP contribution in [-0.2, 0) is 54.4 Å². The summed E-state index contributed by atoms with van der Waals surface area (Å²) >= 11 is 0. The first kappa shape index (κ1) is 74.0. The molecule has 30 heteroatoms. The zero-order valence-electron chi connectivity index (χ0n) is 49.9. The molecule has 0 radical (unpaired) electrons. The van der Waals surface area contributed by atoms with Gasteiger partial charge in [-0.2, -0.15) is 0 Å². The molecule has 0 bridgehead atoms. The van der Waals surface area contributed by atoms with Crippen LogP contribution < -0.4 is 92.5 Å². The highest BCUT2D eigenvalue weighted by Gasteiger charge is 2.39. The van der Waals surface area contributed by atoms with E-state index in [1.54, 1.807) is 44.2 Å². The molecule has 0 unspecified atom stereocenters. The van der Waals surface area contributed by atoms with E-state index in [0.29, 0.717) is 18.5 Å². The second-order valence-electron chi connectivity index (χ2n) is 21.7. The Morgan fingerprint density at radius 3 is 1.65 bits per heavy atom. The van der Waals surface area contributed by atoms with Crippen molar-refractivity contribution < 1.29 is 63.0 Å². The summed E-state index contributed by atoms with van der Waals surface area (Å²) in [6.45, 7) is 6.81. The zero-order chi connectivity index (χ0) is 63.6. The second kappa shape index (κ2) is 39.5. The molecule has 1 heterocycles. The van der Waals surface area contributed by atoms with Gasteiger partial charge in [0.25, 0.3) is 5.91 Å². The number of carbonyl (C=O) groups is 11.